The Morgan fingerprint density at radius 2 is 1.67 bits per heavy atom. The van der Waals surface area contributed by atoms with Crippen molar-refractivity contribution in [1.82, 2.24) is 4.98 Å². The summed E-state index contributed by atoms with van der Waals surface area (Å²) in [6.07, 6.45) is 0.830. The summed E-state index contributed by atoms with van der Waals surface area (Å²) < 4.78 is 4.96. The van der Waals surface area contributed by atoms with Crippen LogP contribution in [0, 0.1) is 5.41 Å². The van der Waals surface area contributed by atoms with Gasteiger partial charge in [-0.3, -0.25) is 9.59 Å². The van der Waals surface area contributed by atoms with Gasteiger partial charge >= 0.3 is 5.97 Å². The van der Waals surface area contributed by atoms with Crippen LogP contribution in [0.3, 0.4) is 0 Å². The van der Waals surface area contributed by atoms with Crippen molar-refractivity contribution < 1.29 is 14.3 Å². The second-order valence-corrected chi connectivity index (χ2v) is 8.58. The van der Waals surface area contributed by atoms with Crippen molar-refractivity contribution in [1.29, 1.82) is 0 Å². The van der Waals surface area contributed by atoms with Crippen LogP contribution < -0.4 is 5.32 Å². The molecule has 1 heterocycles. The van der Waals surface area contributed by atoms with E-state index < -0.39 is 5.41 Å². The number of hydrogen-bond acceptors (Lipinski definition) is 5. The molecular formula is C24H24N2O3S. The monoisotopic (exact) mass is 420 g/mol. The maximum absolute atomic E-state index is 13.4. The molecule has 30 heavy (non-hydrogen) atoms. The first-order chi connectivity index (χ1) is 14.5. The maximum Gasteiger partial charge on any atom is 0.311 e. The third kappa shape index (κ3) is 3.52. The third-order valence-corrected chi connectivity index (χ3v) is 6.68. The zero-order valence-electron chi connectivity index (χ0n) is 17.1. The summed E-state index contributed by atoms with van der Waals surface area (Å²) in [6, 6.07) is 20.4. The molecule has 1 atom stereocenters. The molecule has 1 aliphatic carbocycles. The van der Waals surface area contributed by atoms with Crippen LogP contribution in [0.15, 0.2) is 66.0 Å². The van der Waals surface area contributed by atoms with Crippen LogP contribution >= 0.6 is 11.3 Å². The summed E-state index contributed by atoms with van der Waals surface area (Å²) >= 11 is 1.32. The minimum atomic E-state index is -0.595. The van der Waals surface area contributed by atoms with Gasteiger partial charge in [0.05, 0.1) is 24.1 Å². The summed E-state index contributed by atoms with van der Waals surface area (Å²) in [5.41, 5.74) is 1.91. The van der Waals surface area contributed by atoms with Crippen LogP contribution in [0.5, 0.6) is 0 Å². The van der Waals surface area contributed by atoms with E-state index in [0.29, 0.717) is 17.4 Å². The summed E-state index contributed by atoms with van der Waals surface area (Å²) in [4.78, 5) is 29.4. The molecule has 6 heteroatoms. The normalized spacial score (nSPS) is 19.1. The zero-order chi connectivity index (χ0) is 21.2. The van der Waals surface area contributed by atoms with Gasteiger partial charge in [-0.25, -0.2) is 4.98 Å². The lowest BCUT2D eigenvalue weighted by molar-refractivity contribution is -0.142. The van der Waals surface area contributed by atoms with E-state index in [9.17, 15) is 9.59 Å². The van der Waals surface area contributed by atoms with Crippen LogP contribution in [0.4, 0.5) is 5.13 Å². The van der Waals surface area contributed by atoms with Crippen molar-refractivity contribution in [2.24, 2.45) is 5.41 Å². The van der Waals surface area contributed by atoms with E-state index in [-0.39, 0.29) is 23.7 Å². The lowest BCUT2D eigenvalue weighted by Crippen LogP contribution is -2.30. The first-order valence-corrected chi connectivity index (χ1v) is 10.9. The number of benzene rings is 2. The van der Waals surface area contributed by atoms with E-state index in [2.05, 4.69) is 34.6 Å². The largest absolute Gasteiger partial charge is 0.466 e. The fraction of sp³-hybridized carbons (Fsp3) is 0.292. The molecule has 0 radical (unpaired) electrons. The van der Waals surface area contributed by atoms with Crippen molar-refractivity contribution in [3.05, 3.63) is 82.9 Å². The highest BCUT2D eigenvalue weighted by Crippen LogP contribution is 2.68. The molecule has 3 aromatic rings. The molecular weight excluding hydrogens is 396 g/mol. The molecule has 1 aliphatic rings. The number of hydrogen-bond donors (Lipinski definition) is 1. The lowest BCUT2D eigenvalue weighted by atomic mass is 9.80. The van der Waals surface area contributed by atoms with Crippen molar-refractivity contribution in [3.8, 4) is 0 Å². The first kappa shape index (κ1) is 20.3. The highest BCUT2D eigenvalue weighted by molar-refractivity contribution is 7.13. The maximum atomic E-state index is 13.4. The van der Waals surface area contributed by atoms with Gasteiger partial charge in [0.15, 0.2) is 5.13 Å². The van der Waals surface area contributed by atoms with Crippen LogP contribution in [0.1, 0.15) is 37.1 Å². The minimum Gasteiger partial charge on any atom is -0.466 e. The molecule has 1 N–H and O–H groups in total. The summed E-state index contributed by atoms with van der Waals surface area (Å²) in [5, 5.41) is 5.26. The number of rotatable bonds is 7. The van der Waals surface area contributed by atoms with Crippen LogP contribution in [0.25, 0.3) is 0 Å². The molecule has 0 aliphatic heterocycles. The first-order valence-electron chi connectivity index (χ1n) is 10.0. The van der Waals surface area contributed by atoms with E-state index in [1.807, 2.05) is 43.3 Å². The molecule has 1 amide bonds. The standard InChI is InChI=1S/C24H24N2O3S/c1-3-29-20(27)14-19-15-30-22(25-19)26-21(28)23(2)16-24(23,17-10-6-4-7-11-17)18-12-8-5-9-13-18/h4-13,15H,3,14,16H2,1-2H3,(H,25,26,28). The number of carbonyl (C=O) groups excluding carboxylic acids is 2. The number of nitrogens with zero attached hydrogens (tertiary/aromatic N) is 1. The average Bonchev–Trinajstić information content (AvgIpc) is 3.20. The number of esters is 1. The van der Waals surface area contributed by atoms with Gasteiger partial charge in [0, 0.05) is 10.8 Å². The Kier molecular flexibility index (Phi) is 5.43. The molecule has 1 unspecified atom stereocenters. The van der Waals surface area contributed by atoms with Crippen LogP contribution in [0.2, 0.25) is 0 Å². The number of anilines is 1. The number of aromatic nitrogens is 1. The molecule has 4 rings (SSSR count). The van der Waals surface area contributed by atoms with Gasteiger partial charge in [0.1, 0.15) is 0 Å². The quantitative estimate of drug-likeness (QED) is 0.568. The lowest BCUT2D eigenvalue weighted by Gasteiger charge is -2.23. The number of thiazole rings is 1. The Morgan fingerprint density at radius 3 is 2.23 bits per heavy atom. The van der Waals surface area contributed by atoms with Crippen LogP contribution in [-0.4, -0.2) is 23.5 Å². The van der Waals surface area contributed by atoms with Crippen molar-refractivity contribution >= 4 is 28.3 Å². The highest BCUT2D eigenvalue weighted by Gasteiger charge is 2.70. The summed E-state index contributed by atoms with van der Waals surface area (Å²) in [6.45, 7) is 4.12. The van der Waals surface area contributed by atoms with Crippen molar-refractivity contribution in [3.63, 3.8) is 0 Å². The molecule has 1 aromatic heterocycles. The SMILES string of the molecule is CCOC(=O)Cc1csc(NC(=O)C2(C)CC2(c2ccccc2)c2ccccc2)n1. The van der Waals surface area contributed by atoms with Gasteiger partial charge in [-0.1, -0.05) is 60.7 Å². The molecule has 5 nitrogen and oxygen atoms in total. The average molecular weight is 421 g/mol. The Labute approximate surface area is 180 Å². The number of carbonyl (C=O) groups is 2. The van der Waals surface area contributed by atoms with Gasteiger partial charge in [0.25, 0.3) is 0 Å². The molecule has 154 valence electrons. The molecule has 0 saturated heterocycles. The van der Waals surface area contributed by atoms with E-state index in [1.165, 1.54) is 11.3 Å². The third-order valence-electron chi connectivity index (χ3n) is 5.87. The Bertz CT molecular complexity index is 1010. The Balaban J connectivity index is 1.57. The molecule has 1 fully saturated rings. The number of ether oxygens (including phenoxy) is 1. The zero-order valence-corrected chi connectivity index (χ0v) is 17.9. The van der Waals surface area contributed by atoms with Crippen molar-refractivity contribution in [2.45, 2.75) is 32.1 Å². The predicted molar refractivity (Wildman–Crippen MR) is 117 cm³/mol. The number of nitrogens with one attached hydrogen (secondary N) is 1. The van der Waals surface area contributed by atoms with Crippen LogP contribution in [-0.2, 0) is 26.2 Å². The second kappa shape index (κ2) is 8.03. The molecule has 0 bridgehead atoms. The summed E-state index contributed by atoms with van der Waals surface area (Å²) in [7, 11) is 0. The Hall–Kier alpha value is -2.99. The van der Waals surface area contributed by atoms with Gasteiger partial charge in [-0.15, -0.1) is 11.3 Å². The fourth-order valence-corrected chi connectivity index (χ4v) is 4.96. The smallest absolute Gasteiger partial charge is 0.311 e. The molecule has 0 spiro atoms. The van der Waals surface area contributed by atoms with E-state index in [1.54, 1.807) is 12.3 Å². The Morgan fingerprint density at radius 1 is 1.07 bits per heavy atom. The van der Waals surface area contributed by atoms with Crippen molar-refractivity contribution in [2.75, 3.05) is 11.9 Å². The number of amides is 1. The van der Waals surface area contributed by atoms with Gasteiger partial charge in [-0.2, -0.15) is 0 Å². The molecule has 1 saturated carbocycles. The molecule has 2 aromatic carbocycles. The van der Waals surface area contributed by atoms with Gasteiger partial charge < -0.3 is 10.1 Å². The topological polar surface area (TPSA) is 68.3 Å². The highest BCUT2D eigenvalue weighted by atomic mass is 32.1. The van der Waals surface area contributed by atoms with Gasteiger partial charge in [-0.05, 0) is 31.4 Å². The van der Waals surface area contributed by atoms with E-state index in [0.717, 1.165) is 17.5 Å². The van der Waals surface area contributed by atoms with Gasteiger partial charge in [0.2, 0.25) is 5.91 Å². The fourth-order valence-electron chi connectivity index (χ4n) is 4.25. The van der Waals surface area contributed by atoms with E-state index >= 15 is 0 Å². The minimum absolute atomic E-state index is 0.0627. The summed E-state index contributed by atoms with van der Waals surface area (Å²) in [5.74, 6) is -0.380. The predicted octanol–water partition coefficient (Wildman–Crippen LogP) is 4.58. The second-order valence-electron chi connectivity index (χ2n) is 7.73. The van der Waals surface area contributed by atoms with E-state index in [4.69, 9.17) is 4.74 Å².